The molecule has 0 radical (unpaired) electrons. The maximum absolute atomic E-state index is 5.58. The van der Waals surface area contributed by atoms with Crippen LogP contribution in [-0.4, -0.2) is 49.8 Å². The molecule has 1 aliphatic carbocycles. The van der Waals surface area contributed by atoms with Gasteiger partial charge in [-0.25, -0.2) is 0 Å². The van der Waals surface area contributed by atoms with E-state index in [-0.39, 0.29) is 0 Å². The molecule has 0 aromatic carbocycles. The Kier molecular flexibility index (Phi) is 2.53. The Morgan fingerprint density at radius 3 is 2.88 bits per heavy atom. The lowest BCUT2D eigenvalue weighted by Gasteiger charge is -2.34. The van der Waals surface area contributed by atoms with E-state index in [0.717, 1.165) is 6.42 Å². The predicted octanol–water partition coefficient (Wildman–Crippen LogP) is 1.91. The fourth-order valence-corrected chi connectivity index (χ4v) is 4.47. The Hall–Kier alpha value is -0.540. The monoisotopic (exact) mass is 236 g/mol. The number of hydrogen-bond acceptors (Lipinski definition) is 3. The largest absolute Gasteiger partial charge is 0.381 e. The van der Waals surface area contributed by atoms with Crippen LogP contribution in [0.15, 0.2) is 11.8 Å². The fraction of sp³-hybridized carbons (Fsp3) is 0.857. The van der Waals surface area contributed by atoms with Crippen LogP contribution in [0.5, 0.6) is 0 Å². The third-order valence-corrected chi connectivity index (χ3v) is 5.36. The lowest BCUT2D eigenvalue weighted by atomic mass is 9.71. The Labute approximate surface area is 104 Å². The molecule has 0 saturated carbocycles. The summed E-state index contributed by atoms with van der Waals surface area (Å²) in [5, 5.41) is 0. The molecule has 0 aromatic heterocycles. The van der Waals surface area contributed by atoms with Crippen LogP contribution in [-0.2, 0) is 4.74 Å². The zero-order valence-corrected chi connectivity index (χ0v) is 11.4. The Balaban J connectivity index is 1.96. The van der Waals surface area contributed by atoms with E-state index in [0.29, 0.717) is 23.6 Å². The van der Waals surface area contributed by atoms with Gasteiger partial charge in [0.1, 0.15) is 0 Å². The third-order valence-electron chi connectivity index (χ3n) is 5.36. The first-order valence-electron chi connectivity index (χ1n) is 6.74. The number of hydrogen-bond donors (Lipinski definition) is 0. The average Bonchev–Trinajstić information content (AvgIpc) is 2.75. The average molecular weight is 236 g/mol. The van der Waals surface area contributed by atoms with Gasteiger partial charge in [-0.3, -0.25) is 4.90 Å². The van der Waals surface area contributed by atoms with Gasteiger partial charge in [0.15, 0.2) is 0 Å². The summed E-state index contributed by atoms with van der Waals surface area (Å²) in [6, 6.07) is 0. The Bertz CT molecular complexity index is 354. The van der Waals surface area contributed by atoms with E-state index in [4.69, 9.17) is 4.74 Å². The molecule has 2 aliphatic heterocycles. The van der Waals surface area contributed by atoms with Crippen molar-refractivity contribution in [2.24, 2.45) is 11.3 Å². The Morgan fingerprint density at radius 2 is 2.18 bits per heavy atom. The van der Waals surface area contributed by atoms with Gasteiger partial charge in [0.25, 0.3) is 0 Å². The van der Waals surface area contributed by atoms with Crippen molar-refractivity contribution in [1.29, 1.82) is 0 Å². The van der Waals surface area contributed by atoms with Crippen molar-refractivity contribution in [1.82, 2.24) is 9.80 Å². The quantitative estimate of drug-likeness (QED) is 0.691. The van der Waals surface area contributed by atoms with Crippen LogP contribution in [0, 0.1) is 11.3 Å². The SMILES string of the molecule is COC1CC=C2C(C1)C1(C)CCN(C)C1N2C. The highest BCUT2D eigenvalue weighted by Gasteiger charge is 2.57. The fourth-order valence-electron chi connectivity index (χ4n) is 4.47. The first kappa shape index (κ1) is 11.5. The second-order valence-corrected chi connectivity index (χ2v) is 6.23. The number of rotatable bonds is 1. The predicted molar refractivity (Wildman–Crippen MR) is 68.5 cm³/mol. The molecule has 0 spiro atoms. The van der Waals surface area contributed by atoms with Crippen LogP contribution in [0.4, 0.5) is 0 Å². The molecule has 3 nitrogen and oxygen atoms in total. The van der Waals surface area contributed by atoms with Gasteiger partial charge < -0.3 is 9.64 Å². The molecule has 2 saturated heterocycles. The summed E-state index contributed by atoms with van der Waals surface area (Å²) in [7, 11) is 6.38. The molecule has 0 amide bonds. The molecule has 96 valence electrons. The number of nitrogens with zero attached hydrogens (tertiary/aromatic N) is 2. The standard InChI is InChI=1S/C14H24N2O/c1-14-7-8-15(2)13(14)16(3)12-6-5-10(17-4)9-11(12)14/h6,10-11,13H,5,7-9H2,1-4H3. The van der Waals surface area contributed by atoms with Gasteiger partial charge in [0.2, 0.25) is 0 Å². The first-order chi connectivity index (χ1) is 8.08. The highest BCUT2D eigenvalue weighted by molar-refractivity contribution is 5.24. The van der Waals surface area contributed by atoms with E-state index in [1.807, 2.05) is 7.11 Å². The molecule has 3 heteroatoms. The topological polar surface area (TPSA) is 15.7 Å². The van der Waals surface area contributed by atoms with Crippen molar-refractivity contribution in [2.45, 2.75) is 38.5 Å². The molecule has 3 rings (SSSR count). The summed E-state index contributed by atoms with van der Waals surface area (Å²) in [6.45, 7) is 3.70. The van der Waals surface area contributed by atoms with Crippen molar-refractivity contribution in [2.75, 3.05) is 27.7 Å². The maximum Gasteiger partial charge on any atom is 0.0873 e. The smallest absolute Gasteiger partial charge is 0.0873 e. The lowest BCUT2D eigenvalue weighted by molar-refractivity contribution is 0.0551. The summed E-state index contributed by atoms with van der Waals surface area (Å²) in [5.74, 6) is 0.696. The van der Waals surface area contributed by atoms with E-state index < -0.39 is 0 Å². The highest BCUT2D eigenvalue weighted by Crippen LogP contribution is 2.56. The molecule has 4 atom stereocenters. The second kappa shape index (κ2) is 3.72. The summed E-state index contributed by atoms with van der Waals surface area (Å²) >= 11 is 0. The van der Waals surface area contributed by atoms with Crippen LogP contribution in [0.2, 0.25) is 0 Å². The van der Waals surface area contributed by atoms with Gasteiger partial charge in [-0.15, -0.1) is 0 Å². The summed E-state index contributed by atoms with van der Waals surface area (Å²) < 4.78 is 5.58. The van der Waals surface area contributed by atoms with E-state index >= 15 is 0 Å². The van der Waals surface area contributed by atoms with Gasteiger partial charge >= 0.3 is 0 Å². The van der Waals surface area contributed by atoms with Crippen LogP contribution in [0.1, 0.15) is 26.2 Å². The first-order valence-corrected chi connectivity index (χ1v) is 6.74. The Morgan fingerprint density at radius 1 is 1.41 bits per heavy atom. The van der Waals surface area contributed by atoms with Crippen LogP contribution in [0.3, 0.4) is 0 Å². The number of likely N-dealkylation sites (tertiary alicyclic amines) is 2. The molecule has 2 fully saturated rings. The third kappa shape index (κ3) is 1.42. The minimum Gasteiger partial charge on any atom is -0.381 e. The maximum atomic E-state index is 5.58. The van der Waals surface area contributed by atoms with Crippen LogP contribution >= 0.6 is 0 Å². The van der Waals surface area contributed by atoms with Gasteiger partial charge in [-0.2, -0.15) is 0 Å². The van der Waals surface area contributed by atoms with Gasteiger partial charge in [-0.1, -0.05) is 13.0 Å². The van der Waals surface area contributed by atoms with Crippen molar-refractivity contribution < 1.29 is 4.74 Å². The summed E-state index contributed by atoms with van der Waals surface area (Å²) in [6.07, 6.45) is 7.04. The van der Waals surface area contributed by atoms with Crippen LogP contribution < -0.4 is 0 Å². The van der Waals surface area contributed by atoms with Gasteiger partial charge in [0.05, 0.1) is 12.3 Å². The number of allylic oxidation sites excluding steroid dienone is 1. The summed E-state index contributed by atoms with van der Waals surface area (Å²) in [5.41, 5.74) is 1.99. The molecule has 17 heavy (non-hydrogen) atoms. The lowest BCUT2D eigenvalue weighted by Crippen LogP contribution is -2.41. The minimum absolute atomic E-state index is 0.423. The summed E-state index contributed by atoms with van der Waals surface area (Å²) in [4.78, 5) is 5.03. The van der Waals surface area contributed by atoms with E-state index in [1.165, 1.54) is 19.4 Å². The zero-order valence-electron chi connectivity index (χ0n) is 11.4. The zero-order chi connectivity index (χ0) is 12.2. The molecule has 0 aromatic rings. The van der Waals surface area contributed by atoms with Crippen molar-refractivity contribution in [3.63, 3.8) is 0 Å². The molecular weight excluding hydrogens is 212 g/mol. The van der Waals surface area contributed by atoms with E-state index in [1.54, 1.807) is 5.70 Å². The van der Waals surface area contributed by atoms with Crippen molar-refractivity contribution in [3.05, 3.63) is 11.8 Å². The highest BCUT2D eigenvalue weighted by atomic mass is 16.5. The molecule has 3 aliphatic rings. The van der Waals surface area contributed by atoms with E-state index in [2.05, 4.69) is 36.9 Å². The molecule has 0 bridgehead atoms. The van der Waals surface area contributed by atoms with Gasteiger partial charge in [0, 0.05) is 37.7 Å². The number of fused-ring (bicyclic) bond motifs is 3. The normalized spacial score (nSPS) is 45.8. The van der Waals surface area contributed by atoms with Crippen molar-refractivity contribution in [3.8, 4) is 0 Å². The molecule has 4 unspecified atom stereocenters. The van der Waals surface area contributed by atoms with Crippen LogP contribution in [0.25, 0.3) is 0 Å². The minimum atomic E-state index is 0.423. The number of methoxy groups -OCH3 is 1. The van der Waals surface area contributed by atoms with E-state index in [9.17, 15) is 0 Å². The van der Waals surface area contributed by atoms with Gasteiger partial charge in [-0.05, 0) is 26.3 Å². The number of ether oxygens (including phenoxy) is 1. The second-order valence-electron chi connectivity index (χ2n) is 6.23. The van der Waals surface area contributed by atoms with Crippen molar-refractivity contribution >= 4 is 0 Å². The molecule has 2 heterocycles. The molecule has 0 N–H and O–H groups in total. The molecular formula is C14H24N2O.